The maximum atomic E-state index is 14.3. The topological polar surface area (TPSA) is 76.6 Å². The van der Waals surface area contributed by atoms with Crippen molar-refractivity contribution < 1.29 is 18.7 Å². The van der Waals surface area contributed by atoms with E-state index in [9.17, 15) is 18.7 Å². The molecule has 0 aliphatic carbocycles. The second kappa shape index (κ2) is 12.5. The van der Waals surface area contributed by atoms with Gasteiger partial charge in [-0.05, 0) is 99.0 Å². The lowest BCUT2D eigenvalue weighted by atomic mass is 9.83. The molecule has 4 heterocycles. The van der Waals surface area contributed by atoms with Crippen LogP contribution in [0.1, 0.15) is 94.1 Å². The number of amides is 1. The van der Waals surface area contributed by atoms with Gasteiger partial charge in [-0.2, -0.15) is 0 Å². The van der Waals surface area contributed by atoms with Crippen molar-refractivity contribution in [2.75, 3.05) is 24.2 Å². The van der Waals surface area contributed by atoms with Crippen LogP contribution in [0.3, 0.4) is 0 Å². The smallest absolute Gasteiger partial charge is 0.227 e. The van der Waals surface area contributed by atoms with Gasteiger partial charge in [-0.3, -0.25) is 10.1 Å². The second-order valence-corrected chi connectivity index (χ2v) is 13.3. The van der Waals surface area contributed by atoms with E-state index in [1.54, 1.807) is 24.1 Å². The molecule has 4 N–H and O–H groups in total. The molecule has 0 aromatic heterocycles. The third-order valence-electron chi connectivity index (χ3n) is 10.5. The van der Waals surface area contributed by atoms with E-state index in [0.29, 0.717) is 0 Å². The molecule has 8 heteroatoms. The first-order valence-corrected chi connectivity index (χ1v) is 16.1. The van der Waals surface area contributed by atoms with Crippen LogP contribution in [0.15, 0.2) is 36.4 Å². The molecule has 0 radical (unpaired) electrons. The molecule has 42 heavy (non-hydrogen) atoms. The number of likely N-dealkylation sites (tertiary alicyclic amines) is 1. The Labute approximate surface area is 248 Å². The Hall–Kier alpha value is -2.71. The average molecular weight is 581 g/mol. The fourth-order valence-electron chi connectivity index (χ4n) is 8.25. The van der Waals surface area contributed by atoms with E-state index in [2.05, 4.69) is 16.0 Å². The van der Waals surface area contributed by atoms with E-state index in [1.165, 1.54) is 12.1 Å². The number of benzene rings is 2. The lowest BCUT2D eigenvalue weighted by molar-refractivity contribution is -0.133. The summed E-state index contributed by atoms with van der Waals surface area (Å²) >= 11 is 0. The second-order valence-electron chi connectivity index (χ2n) is 13.3. The molecule has 1 amide bonds. The number of carbonyl (C=O) groups is 1. The minimum Gasteiger partial charge on any atom is -0.379 e. The Kier molecular flexibility index (Phi) is 8.73. The molecule has 6 unspecified atom stereocenters. The summed E-state index contributed by atoms with van der Waals surface area (Å²) in [4.78, 5) is 14.6. The van der Waals surface area contributed by atoms with Crippen LogP contribution in [0.25, 0.3) is 0 Å². The van der Waals surface area contributed by atoms with E-state index in [4.69, 9.17) is 0 Å². The number of aliphatic hydroxyl groups is 1. The maximum absolute atomic E-state index is 14.3. The van der Waals surface area contributed by atoms with Crippen LogP contribution < -0.4 is 16.0 Å². The third-order valence-corrected chi connectivity index (χ3v) is 10.5. The molecule has 2 aromatic carbocycles. The number of rotatable bonds is 0. The van der Waals surface area contributed by atoms with Crippen LogP contribution in [0, 0.1) is 23.5 Å². The number of nitrogens with one attached hydrogen (secondary N) is 3. The Morgan fingerprint density at radius 3 is 2.38 bits per heavy atom. The predicted molar refractivity (Wildman–Crippen MR) is 162 cm³/mol. The van der Waals surface area contributed by atoms with Gasteiger partial charge in [0.25, 0.3) is 0 Å². The number of hydrogen-bond donors (Lipinski definition) is 4. The van der Waals surface area contributed by atoms with E-state index >= 15 is 0 Å². The third kappa shape index (κ3) is 6.02. The van der Waals surface area contributed by atoms with Crippen LogP contribution in [0.2, 0.25) is 0 Å². The minimum absolute atomic E-state index is 0.0159. The summed E-state index contributed by atoms with van der Waals surface area (Å²) in [5, 5.41) is 22.0. The molecule has 1 spiro atoms. The van der Waals surface area contributed by atoms with Gasteiger partial charge in [0.2, 0.25) is 5.91 Å². The van der Waals surface area contributed by atoms with Crippen LogP contribution in [-0.2, 0) is 11.2 Å². The molecule has 4 aliphatic heterocycles. The van der Waals surface area contributed by atoms with Crippen molar-refractivity contribution in [1.29, 1.82) is 0 Å². The largest absolute Gasteiger partial charge is 0.379 e. The number of hydrogen-bond acceptors (Lipinski definition) is 5. The van der Waals surface area contributed by atoms with Crippen molar-refractivity contribution in [3.63, 3.8) is 0 Å². The van der Waals surface area contributed by atoms with Gasteiger partial charge in [-0.1, -0.05) is 38.5 Å². The normalized spacial score (nSPS) is 32.5. The zero-order chi connectivity index (χ0) is 29.3. The zero-order valence-electron chi connectivity index (χ0n) is 24.8. The lowest BCUT2D eigenvalue weighted by Gasteiger charge is -2.31. The minimum atomic E-state index is -0.702. The lowest BCUT2D eigenvalue weighted by Crippen LogP contribution is -2.40. The number of fused-ring (bicyclic) bond motifs is 5. The molecular weight excluding hydrogens is 534 g/mol. The fraction of sp³-hybridized carbons (Fsp3) is 0.618. The SMILES string of the molecule is CN1C(=O)C2CCCCCC3c4cc(F)ccc4NC3NCCCC3(CCCCCC2C1O)Cc1cc(F)ccc1N3. The molecule has 0 bridgehead atoms. The Balaban J connectivity index is 1.19. The summed E-state index contributed by atoms with van der Waals surface area (Å²) < 4.78 is 28.3. The summed E-state index contributed by atoms with van der Waals surface area (Å²) in [5.41, 5.74) is 4.02. The summed E-state index contributed by atoms with van der Waals surface area (Å²) in [5.74, 6) is -0.271. The highest BCUT2D eigenvalue weighted by atomic mass is 19.1. The van der Waals surface area contributed by atoms with Crippen LogP contribution >= 0.6 is 0 Å². The summed E-state index contributed by atoms with van der Waals surface area (Å²) in [7, 11) is 1.73. The summed E-state index contributed by atoms with van der Waals surface area (Å²) in [6.07, 6.45) is 11.8. The highest BCUT2D eigenvalue weighted by Crippen LogP contribution is 2.42. The molecule has 0 saturated carbocycles. The molecule has 4 aliphatic rings. The number of nitrogens with zero attached hydrogens (tertiary/aromatic N) is 1. The van der Waals surface area contributed by atoms with Gasteiger partial charge >= 0.3 is 0 Å². The zero-order valence-corrected chi connectivity index (χ0v) is 24.8. The van der Waals surface area contributed by atoms with Crippen molar-refractivity contribution in [3.8, 4) is 0 Å². The number of carbonyl (C=O) groups excluding carboxylic acids is 1. The Morgan fingerprint density at radius 2 is 1.55 bits per heavy atom. The maximum Gasteiger partial charge on any atom is 0.227 e. The molecule has 2 fully saturated rings. The first-order chi connectivity index (χ1) is 20.3. The van der Waals surface area contributed by atoms with Gasteiger partial charge in [0.05, 0.1) is 6.17 Å². The number of anilines is 2. The van der Waals surface area contributed by atoms with E-state index in [1.807, 2.05) is 12.1 Å². The quantitative estimate of drug-likeness (QED) is 0.286. The van der Waals surface area contributed by atoms with Gasteiger partial charge in [-0.25, -0.2) is 8.78 Å². The summed E-state index contributed by atoms with van der Waals surface area (Å²) in [6, 6.07) is 10.1. The van der Waals surface area contributed by atoms with Crippen molar-refractivity contribution in [2.24, 2.45) is 11.8 Å². The number of halogens is 2. The van der Waals surface area contributed by atoms with E-state index in [0.717, 1.165) is 113 Å². The molecule has 2 saturated heterocycles. The van der Waals surface area contributed by atoms with Crippen LogP contribution in [0.5, 0.6) is 0 Å². The first kappa shape index (κ1) is 29.4. The Bertz CT molecular complexity index is 1270. The van der Waals surface area contributed by atoms with Crippen molar-refractivity contribution in [1.82, 2.24) is 10.2 Å². The van der Waals surface area contributed by atoms with Gasteiger partial charge in [-0.15, -0.1) is 0 Å². The van der Waals surface area contributed by atoms with Gasteiger partial charge in [0.15, 0.2) is 0 Å². The highest BCUT2D eigenvalue weighted by Gasteiger charge is 2.44. The molecule has 6 nitrogen and oxygen atoms in total. The predicted octanol–water partition coefficient (Wildman–Crippen LogP) is 6.51. The number of aliphatic hydroxyl groups excluding tert-OH is 1. The summed E-state index contributed by atoms with van der Waals surface area (Å²) in [6.45, 7) is 0.843. The van der Waals surface area contributed by atoms with Crippen molar-refractivity contribution in [3.05, 3.63) is 59.2 Å². The van der Waals surface area contributed by atoms with Crippen molar-refractivity contribution >= 4 is 17.3 Å². The van der Waals surface area contributed by atoms with Gasteiger partial charge < -0.3 is 20.6 Å². The monoisotopic (exact) mass is 580 g/mol. The molecular formula is C34H46F2N4O2. The fourth-order valence-corrected chi connectivity index (χ4v) is 8.25. The molecule has 228 valence electrons. The average Bonchev–Trinajstić information content (AvgIpc) is 3.56. The molecule has 2 aromatic rings. The Morgan fingerprint density at radius 1 is 0.857 bits per heavy atom. The highest BCUT2D eigenvalue weighted by molar-refractivity contribution is 5.81. The van der Waals surface area contributed by atoms with Gasteiger partial charge in [0.1, 0.15) is 17.9 Å². The standard InChI is InChI=1S/C34H46F2N4O2/c1-40-32(41)26-10-5-2-4-9-25-28-20-24(36)13-15-30(28)38-31(25)37-18-8-17-34(16-7-3-6-11-27(26)33(40)42)21-22-19-23(35)12-14-29(22)39-34/h12-15,19-20,25-27,31,33,37-39,42H,2-11,16-18,21H2,1H3. The van der Waals surface area contributed by atoms with Gasteiger partial charge in [0, 0.05) is 41.7 Å². The molecule has 6 rings (SSSR count). The molecule has 6 atom stereocenters. The van der Waals surface area contributed by atoms with Crippen molar-refractivity contribution in [2.45, 2.75) is 107 Å². The van der Waals surface area contributed by atoms with E-state index in [-0.39, 0.29) is 47.0 Å². The van der Waals surface area contributed by atoms with E-state index < -0.39 is 6.23 Å². The van der Waals surface area contributed by atoms with Crippen LogP contribution in [0.4, 0.5) is 20.2 Å². The van der Waals surface area contributed by atoms with Crippen LogP contribution in [-0.4, -0.2) is 47.4 Å². The first-order valence-electron chi connectivity index (χ1n) is 16.1.